The largest absolute Gasteiger partial charge is 0.417 e. The lowest BCUT2D eigenvalue weighted by Gasteiger charge is -2.24. The van der Waals surface area contributed by atoms with E-state index in [2.05, 4.69) is 10.3 Å². The first-order valence-electron chi connectivity index (χ1n) is 8.02. The zero-order valence-corrected chi connectivity index (χ0v) is 15.8. The molecule has 1 aliphatic heterocycles. The third-order valence-electron chi connectivity index (χ3n) is 4.13. The van der Waals surface area contributed by atoms with Crippen molar-refractivity contribution in [3.8, 4) is 0 Å². The summed E-state index contributed by atoms with van der Waals surface area (Å²) in [5.74, 6) is -0.602. The minimum Gasteiger partial charge on any atom is -0.301 e. The molecular weight excluding hydrogens is 403 g/mol. The van der Waals surface area contributed by atoms with Gasteiger partial charge in [-0.1, -0.05) is 12.1 Å². The van der Waals surface area contributed by atoms with Crippen LogP contribution >= 0.6 is 11.3 Å². The highest BCUT2D eigenvalue weighted by atomic mass is 32.2. The van der Waals surface area contributed by atoms with Crippen molar-refractivity contribution in [2.24, 2.45) is 0 Å². The molecule has 0 aliphatic carbocycles. The topological polar surface area (TPSA) is 79.4 Å². The Kier molecular flexibility index (Phi) is 5.28. The van der Waals surface area contributed by atoms with E-state index in [1.165, 1.54) is 17.4 Å². The summed E-state index contributed by atoms with van der Waals surface area (Å²) in [5, 5.41) is 4.58. The van der Waals surface area contributed by atoms with E-state index < -0.39 is 38.6 Å². The molecule has 27 heavy (non-hydrogen) atoms. The smallest absolute Gasteiger partial charge is 0.301 e. The van der Waals surface area contributed by atoms with E-state index in [0.717, 1.165) is 22.5 Å². The molecule has 3 rings (SSSR count). The molecule has 1 aliphatic rings. The SMILES string of the molecule is Cc1csc(NC(=O)[C@@H]2CCCN2S(=O)(=O)c2ccccc2C(F)(F)F)n1. The monoisotopic (exact) mass is 419 g/mol. The first-order chi connectivity index (χ1) is 12.6. The number of alkyl halides is 3. The number of hydrogen-bond acceptors (Lipinski definition) is 5. The van der Waals surface area contributed by atoms with E-state index in [1.54, 1.807) is 12.3 Å². The molecule has 0 radical (unpaired) electrons. The number of hydrogen-bond donors (Lipinski definition) is 1. The fourth-order valence-electron chi connectivity index (χ4n) is 2.94. The van der Waals surface area contributed by atoms with Crippen LogP contribution in [-0.2, 0) is 21.0 Å². The number of amides is 1. The van der Waals surface area contributed by atoms with Crippen molar-refractivity contribution < 1.29 is 26.4 Å². The predicted molar refractivity (Wildman–Crippen MR) is 93.8 cm³/mol. The predicted octanol–water partition coefficient (Wildman–Crippen LogP) is 3.26. The average Bonchev–Trinajstić information content (AvgIpc) is 3.23. The Labute approximate surface area is 158 Å². The van der Waals surface area contributed by atoms with Gasteiger partial charge in [0.05, 0.1) is 16.2 Å². The van der Waals surface area contributed by atoms with Crippen LogP contribution in [0.5, 0.6) is 0 Å². The Hall–Kier alpha value is -1.98. The molecule has 2 heterocycles. The summed E-state index contributed by atoms with van der Waals surface area (Å²) in [6.07, 6.45) is -4.22. The number of rotatable bonds is 4. The second-order valence-electron chi connectivity index (χ2n) is 6.05. The molecule has 146 valence electrons. The fourth-order valence-corrected chi connectivity index (χ4v) is 5.50. The van der Waals surface area contributed by atoms with Crippen LogP contribution in [0.25, 0.3) is 0 Å². The highest BCUT2D eigenvalue weighted by Crippen LogP contribution is 2.37. The molecule has 1 saturated heterocycles. The number of halogens is 3. The zero-order valence-electron chi connectivity index (χ0n) is 14.2. The summed E-state index contributed by atoms with van der Waals surface area (Å²) >= 11 is 1.19. The Bertz CT molecular complexity index is 957. The fraction of sp³-hybridized carbons (Fsp3) is 0.375. The van der Waals surface area contributed by atoms with E-state index in [0.29, 0.717) is 17.2 Å². The Morgan fingerprint density at radius 2 is 2.04 bits per heavy atom. The van der Waals surface area contributed by atoms with Gasteiger partial charge in [0.15, 0.2) is 5.13 Å². The number of benzene rings is 1. The maximum atomic E-state index is 13.2. The number of aryl methyl sites for hydroxylation is 1. The Morgan fingerprint density at radius 3 is 2.67 bits per heavy atom. The highest BCUT2D eigenvalue weighted by molar-refractivity contribution is 7.89. The van der Waals surface area contributed by atoms with Gasteiger partial charge in [0, 0.05) is 11.9 Å². The molecule has 2 aromatic rings. The van der Waals surface area contributed by atoms with Crippen LogP contribution in [-0.4, -0.2) is 36.2 Å². The lowest BCUT2D eigenvalue weighted by Crippen LogP contribution is -2.43. The molecule has 6 nitrogen and oxygen atoms in total. The molecule has 1 atom stereocenters. The van der Waals surface area contributed by atoms with Gasteiger partial charge in [-0.3, -0.25) is 4.79 Å². The molecule has 11 heteroatoms. The lowest BCUT2D eigenvalue weighted by atomic mass is 10.2. The minimum absolute atomic E-state index is 0.0243. The van der Waals surface area contributed by atoms with Gasteiger partial charge < -0.3 is 5.32 Å². The normalized spacial score (nSPS) is 18.6. The molecule has 1 aromatic heterocycles. The van der Waals surface area contributed by atoms with Gasteiger partial charge in [0.2, 0.25) is 15.9 Å². The molecule has 0 spiro atoms. The Balaban J connectivity index is 1.91. The van der Waals surface area contributed by atoms with E-state index in [-0.39, 0.29) is 13.0 Å². The molecule has 0 saturated carbocycles. The third-order valence-corrected chi connectivity index (χ3v) is 6.98. The van der Waals surface area contributed by atoms with E-state index >= 15 is 0 Å². The number of nitrogens with zero attached hydrogens (tertiary/aromatic N) is 2. The van der Waals surface area contributed by atoms with Crippen molar-refractivity contribution in [1.82, 2.24) is 9.29 Å². The number of sulfonamides is 1. The molecule has 1 fully saturated rings. The summed E-state index contributed by atoms with van der Waals surface area (Å²) < 4.78 is 66.4. The number of carbonyl (C=O) groups excluding carboxylic acids is 1. The van der Waals surface area contributed by atoms with Crippen molar-refractivity contribution in [3.05, 3.63) is 40.9 Å². The van der Waals surface area contributed by atoms with E-state index in [1.807, 2.05) is 0 Å². The average molecular weight is 419 g/mol. The van der Waals surface area contributed by atoms with Crippen LogP contribution in [0.4, 0.5) is 18.3 Å². The van der Waals surface area contributed by atoms with Crippen molar-refractivity contribution in [1.29, 1.82) is 0 Å². The van der Waals surface area contributed by atoms with Crippen LogP contribution in [0.1, 0.15) is 24.1 Å². The lowest BCUT2D eigenvalue weighted by molar-refractivity contribution is -0.139. The number of carbonyl (C=O) groups is 1. The van der Waals surface area contributed by atoms with Crippen LogP contribution in [0.3, 0.4) is 0 Å². The van der Waals surface area contributed by atoms with Crippen molar-refractivity contribution in [3.63, 3.8) is 0 Å². The number of aromatic nitrogens is 1. The van der Waals surface area contributed by atoms with Gasteiger partial charge in [-0.05, 0) is 31.9 Å². The summed E-state index contributed by atoms with van der Waals surface area (Å²) in [5.41, 5.74) is -0.545. The quantitative estimate of drug-likeness (QED) is 0.825. The van der Waals surface area contributed by atoms with Gasteiger partial charge in [-0.25, -0.2) is 13.4 Å². The molecule has 0 bridgehead atoms. The summed E-state index contributed by atoms with van der Waals surface area (Å²) in [6.45, 7) is 1.72. The van der Waals surface area contributed by atoms with Crippen LogP contribution in [0.2, 0.25) is 0 Å². The van der Waals surface area contributed by atoms with Gasteiger partial charge in [-0.2, -0.15) is 17.5 Å². The molecular formula is C16H16F3N3O3S2. The summed E-state index contributed by atoms with van der Waals surface area (Å²) in [7, 11) is -4.50. The Morgan fingerprint density at radius 1 is 1.33 bits per heavy atom. The summed E-state index contributed by atoms with van der Waals surface area (Å²) in [4.78, 5) is 15.8. The number of nitrogens with one attached hydrogen (secondary N) is 1. The maximum absolute atomic E-state index is 13.2. The molecule has 1 amide bonds. The van der Waals surface area contributed by atoms with Gasteiger partial charge in [-0.15, -0.1) is 11.3 Å². The number of thiazole rings is 1. The van der Waals surface area contributed by atoms with Gasteiger partial charge in [0.1, 0.15) is 6.04 Å². The van der Waals surface area contributed by atoms with Crippen LogP contribution in [0, 0.1) is 6.92 Å². The van der Waals surface area contributed by atoms with Gasteiger partial charge in [0.25, 0.3) is 0 Å². The van der Waals surface area contributed by atoms with Crippen molar-refractivity contribution >= 4 is 32.4 Å². The standard InChI is InChI=1S/C16H16F3N3O3S2/c1-10-9-26-15(20-10)21-14(23)12-6-4-8-22(12)27(24,25)13-7-3-2-5-11(13)16(17,18)19/h2-3,5,7,9,12H,4,6,8H2,1H3,(H,20,21,23)/t12-/m0/s1. The van der Waals surface area contributed by atoms with Crippen molar-refractivity contribution in [2.45, 2.75) is 36.9 Å². The van der Waals surface area contributed by atoms with Crippen LogP contribution < -0.4 is 5.32 Å². The second-order valence-corrected chi connectivity index (χ2v) is 8.77. The molecule has 0 unspecified atom stereocenters. The number of anilines is 1. The zero-order chi connectivity index (χ0) is 19.8. The minimum atomic E-state index is -4.82. The molecule has 1 N–H and O–H groups in total. The maximum Gasteiger partial charge on any atom is 0.417 e. The summed E-state index contributed by atoms with van der Waals surface area (Å²) in [6, 6.07) is 2.90. The highest BCUT2D eigenvalue weighted by Gasteiger charge is 2.44. The van der Waals surface area contributed by atoms with Crippen LogP contribution in [0.15, 0.2) is 34.5 Å². The first-order valence-corrected chi connectivity index (χ1v) is 10.3. The van der Waals surface area contributed by atoms with E-state index in [9.17, 15) is 26.4 Å². The molecule has 1 aromatic carbocycles. The second kappa shape index (κ2) is 7.21. The third kappa shape index (κ3) is 3.99. The van der Waals surface area contributed by atoms with E-state index in [4.69, 9.17) is 0 Å². The van der Waals surface area contributed by atoms with Crippen molar-refractivity contribution in [2.75, 3.05) is 11.9 Å². The first kappa shape index (κ1) is 19.8. The van der Waals surface area contributed by atoms with Gasteiger partial charge >= 0.3 is 6.18 Å².